The van der Waals surface area contributed by atoms with Crippen LogP contribution in [-0.4, -0.2) is 16.8 Å². The zero-order chi connectivity index (χ0) is 11.4. The number of hydrogen-bond acceptors (Lipinski definition) is 4. The van der Waals surface area contributed by atoms with Gasteiger partial charge in [0.2, 0.25) is 0 Å². The second kappa shape index (κ2) is 4.85. The van der Waals surface area contributed by atoms with Crippen LogP contribution in [0.25, 0.3) is 0 Å². The van der Waals surface area contributed by atoms with Crippen molar-refractivity contribution in [3.05, 3.63) is 28.5 Å². The number of nitrogens with one attached hydrogen (secondary N) is 2. The molecule has 1 unspecified atom stereocenters. The number of aliphatic imine (C=N–C) groups is 1. The Morgan fingerprint density at radius 2 is 2.13 bits per heavy atom. The number of quaternary nitrogens is 1. The quantitative estimate of drug-likeness (QED) is 0.329. The summed E-state index contributed by atoms with van der Waals surface area (Å²) in [5, 5.41) is 27.2. The molecule has 0 radical (unpaired) electrons. The highest BCUT2D eigenvalue weighted by molar-refractivity contribution is 5.70. The Bertz CT molecular complexity index is 377. The van der Waals surface area contributed by atoms with Gasteiger partial charge in [0, 0.05) is 6.07 Å². The van der Waals surface area contributed by atoms with Crippen molar-refractivity contribution < 1.29 is 15.6 Å². The van der Waals surface area contributed by atoms with Gasteiger partial charge in [0.25, 0.3) is 0 Å². The third-order valence-corrected chi connectivity index (χ3v) is 1.93. The number of benzene rings is 1. The first-order valence-electron chi connectivity index (χ1n) is 4.33. The summed E-state index contributed by atoms with van der Waals surface area (Å²) in [5.74, 6) is 0. The summed E-state index contributed by atoms with van der Waals surface area (Å²) in [4.78, 5) is 3.82. The molecule has 0 heterocycles. The van der Waals surface area contributed by atoms with Gasteiger partial charge in [0.15, 0.2) is 5.69 Å². The first-order valence-corrected chi connectivity index (χ1v) is 4.33. The highest BCUT2D eigenvalue weighted by atomic mass is 16.8. The predicted molar refractivity (Wildman–Crippen MR) is 54.8 cm³/mol. The fourth-order valence-corrected chi connectivity index (χ4v) is 1.39. The van der Waals surface area contributed by atoms with Crippen molar-refractivity contribution in [1.82, 2.24) is 5.48 Å². The zero-order valence-electron chi connectivity index (χ0n) is 8.48. The third kappa shape index (κ3) is 2.74. The van der Waals surface area contributed by atoms with Gasteiger partial charge in [-0.1, -0.05) is 6.07 Å². The molecule has 0 spiro atoms. The molecule has 0 aliphatic heterocycles. The van der Waals surface area contributed by atoms with Gasteiger partial charge in [-0.25, -0.2) is 10.2 Å². The van der Waals surface area contributed by atoms with Crippen molar-refractivity contribution in [1.29, 1.82) is 0 Å². The van der Waals surface area contributed by atoms with Gasteiger partial charge >= 0.3 is 0 Å². The van der Waals surface area contributed by atoms with Crippen molar-refractivity contribution >= 4 is 17.7 Å². The smallest absolute Gasteiger partial charge is 0.190 e. The standard InChI is InChI=1S/C9H13N3O3/c1-6-3-7(2)9(10-5-11-13)8(4-6)12(14)15/h3-5,12-14H,1-2H3,(H,10,11). The van der Waals surface area contributed by atoms with Gasteiger partial charge < -0.3 is 5.21 Å². The normalized spacial score (nSPS) is 13.1. The molecule has 0 bridgehead atoms. The Morgan fingerprint density at radius 1 is 1.47 bits per heavy atom. The molecule has 0 fully saturated rings. The maximum Gasteiger partial charge on any atom is 0.190 e. The first-order chi connectivity index (χ1) is 7.06. The fraction of sp³-hybridized carbons (Fsp3) is 0.222. The van der Waals surface area contributed by atoms with Crippen molar-refractivity contribution in [3.8, 4) is 0 Å². The Kier molecular flexibility index (Phi) is 3.75. The number of nitrogens with zero attached hydrogens (tertiary/aromatic N) is 1. The van der Waals surface area contributed by atoms with E-state index in [0.29, 0.717) is 5.69 Å². The Morgan fingerprint density at radius 3 is 2.67 bits per heavy atom. The average Bonchev–Trinajstić information content (AvgIpc) is 2.15. The maximum atomic E-state index is 10.9. The SMILES string of the molecule is Cc1cc(C)c(N=CNO)c([NH+]([O-])O)c1. The molecule has 4 N–H and O–H groups in total. The van der Waals surface area contributed by atoms with Crippen molar-refractivity contribution in [2.24, 2.45) is 4.99 Å². The van der Waals surface area contributed by atoms with Gasteiger partial charge in [-0.15, -0.1) is 0 Å². The average molecular weight is 211 g/mol. The highest BCUT2D eigenvalue weighted by Crippen LogP contribution is 2.27. The minimum Gasteiger partial charge on any atom is -0.595 e. The van der Waals surface area contributed by atoms with E-state index in [-0.39, 0.29) is 5.69 Å². The van der Waals surface area contributed by atoms with Crippen LogP contribution in [0.5, 0.6) is 0 Å². The van der Waals surface area contributed by atoms with E-state index in [1.165, 1.54) is 0 Å². The summed E-state index contributed by atoms with van der Waals surface area (Å²) in [6, 6.07) is 3.37. The van der Waals surface area contributed by atoms with Crippen LogP contribution in [0, 0.1) is 19.1 Å². The first kappa shape index (κ1) is 11.6. The molecule has 82 valence electrons. The minimum absolute atomic E-state index is 0.124. The number of hydroxylamine groups is 1. The van der Waals surface area contributed by atoms with Crippen LogP contribution in [0.2, 0.25) is 0 Å². The lowest BCUT2D eigenvalue weighted by atomic mass is 10.1. The Balaban J connectivity index is 3.27. The van der Waals surface area contributed by atoms with Gasteiger partial charge in [0.05, 0.1) is 0 Å². The monoisotopic (exact) mass is 211 g/mol. The van der Waals surface area contributed by atoms with Crippen LogP contribution in [0.1, 0.15) is 11.1 Å². The van der Waals surface area contributed by atoms with E-state index in [1.54, 1.807) is 18.5 Å². The lowest BCUT2D eigenvalue weighted by molar-refractivity contribution is -0.990. The van der Waals surface area contributed by atoms with Crippen molar-refractivity contribution in [2.75, 3.05) is 0 Å². The fourth-order valence-electron chi connectivity index (χ4n) is 1.39. The van der Waals surface area contributed by atoms with E-state index in [1.807, 2.05) is 13.0 Å². The van der Waals surface area contributed by atoms with E-state index < -0.39 is 5.23 Å². The molecule has 0 saturated heterocycles. The molecular weight excluding hydrogens is 198 g/mol. The number of aryl methyl sites for hydroxylation is 2. The summed E-state index contributed by atoms with van der Waals surface area (Å²) in [6.45, 7) is 3.58. The summed E-state index contributed by atoms with van der Waals surface area (Å²) < 4.78 is 0. The van der Waals surface area contributed by atoms with Crippen LogP contribution in [0.3, 0.4) is 0 Å². The second-order valence-electron chi connectivity index (χ2n) is 3.17. The topological polar surface area (TPSA) is 92.4 Å². The zero-order valence-corrected chi connectivity index (χ0v) is 8.48. The lowest BCUT2D eigenvalue weighted by Crippen LogP contribution is -2.99. The molecule has 0 aromatic heterocycles. The van der Waals surface area contributed by atoms with Crippen LogP contribution in [-0.2, 0) is 0 Å². The molecule has 6 heteroatoms. The number of hydrogen-bond donors (Lipinski definition) is 4. The van der Waals surface area contributed by atoms with Gasteiger partial charge in [-0.2, -0.15) is 5.23 Å². The molecule has 1 aromatic carbocycles. The Hall–Kier alpha value is -1.47. The third-order valence-electron chi connectivity index (χ3n) is 1.93. The maximum absolute atomic E-state index is 10.9. The van der Waals surface area contributed by atoms with Gasteiger partial charge in [0.1, 0.15) is 12.0 Å². The van der Waals surface area contributed by atoms with Crippen molar-refractivity contribution in [3.63, 3.8) is 0 Å². The summed E-state index contributed by atoms with van der Waals surface area (Å²) >= 11 is 0. The van der Waals surface area contributed by atoms with Gasteiger partial charge in [-0.05, 0) is 25.0 Å². The Labute approximate surface area is 87.0 Å². The van der Waals surface area contributed by atoms with E-state index >= 15 is 0 Å². The minimum atomic E-state index is -1.04. The predicted octanol–water partition coefficient (Wildman–Crippen LogP) is 0.345. The molecule has 1 atom stereocenters. The summed E-state index contributed by atoms with van der Waals surface area (Å²) in [5.41, 5.74) is 3.82. The second-order valence-corrected chi connectivity index (χ2v) is 3.17. The van der Waals surface area contributed by atoms with Crippen LogP contribution in [0.15, 0.2) is 17.1 Å². The molecule has 0 aliphatic rings. The summed E-state index contributed by atoms with van der Waals surface area (Å²) in [7, 11) is 0. The van der Waals surface area contributed by atoms with Crippen molar-refractivity contribution in [2.45, 2.75) is 13.8 Å². The summed E-state index contributed by atoms with van der Waals surface area (Å²) in [6.07, 6.45) is 1.03. The molecule has 1 rings (SSSR count). The van der Waals surface area contributed by atoms with Crippen LogP contribution < -0.4 is 10.7 Å². The number of rotatable bonds is 3. The van der Waals surface area contributed by atoms with E-state index in [0.717, 1.165) is 17.5 Å². The molecule has 0 saturated carbocycles. The lowest BCUT2D eigenvalue weighted by Gasteiger charge is -2.15. The highest BCUT2D eigenvalue weighted by Gasteiger charge is 2.11. The van der Waals surface area contributed by atoms with Crippen LogP contribution >= 0.6 is 0 Å². The van der Waals surface area contributed by atoms with E-state index in [9.17, 15) is 5.21 Å². The largest absolute Gasteiger partial charge is 0.595 e. The van der Waals surface area contributed by atoms with Gasteiger partial charge in [-0.3, -0.25) is 10.7 Å². The molecule has 1 aromatic rings. The molecule has 0 amide bonds. The van der Waals surface area contributed by atoms with E-state index in [2.05, 4.69) is 4.99 Å². The van der Waals surface area contributed by atoms with E-state index in [4.69, 9.17) is 10.4 Å². The molecule has 0 aliphatic carbocycles. The van der Waals surface area contributed by atoms with Crippen LogP contribution in [0.4, 0.5) is 11.4 Å². The molecule has 6 nitrogen and oxygen atoms in total. The molecular formula is C9H13N3O3. The molecule has 15 heavy (non-hydrogen) atoms.